The summed E-state index contributed by atoms with van der Waals surface area (Å²) in [6, 6.07) is 5.57. The van der Waals surface area contributed by atoms with Crippen molar-refractivity contribution in [1.82, 2.24) is 14.8 Å². The molecule has 2 fully saturated rings. The first-order valence-corrected chi connectivity index (χ1v) is 10.9. The number of nitrogens with one attached hydrogen (secondary N) is 1. The van der Waals surface area contributed by atoms with Gasteiger partial charge in [0.05, 0.1) is 34.2 Å². The molecule has 150 valence electrons. The summed E-state index contributed by atoms with van der Waals surface area (Å²) in [4.78, 5) is 14.9. The third kappa shape index (κ3) is 4.25. The third-order valence-electron chi connectivity index (χ3n) is 4.71. The van der Waals surface area contributed by atoms with Crippen LogP contribution >= 0.6 is 35.0 Å². The molecule has 2 heterocycles. The summed E-state index contributed by atoms with van der Waals surface area (Å²) in [6.45, 7) is 4.84. The molecule has 1 aliphatic carbocycles. The lowest BCUT2D eigenvalue weighted by molar-refractivity contribution is -0.115. The largest absolute Gasteiger partial charge is 0.378 e. The van der Waals surface area contributed by atoms with Crippen molar-refractivity contribution in [2.45, 2.75) is 36.2 Å². The van der Waals surface area contributed by atoms with E-state index in [0.29, 0.717) is 35.0 Å². The molecule has 1 N–H and O–H groups in total. The Bertz CT molecular complexity index is 868. The van der Waals surface area contributed by atoms with Crippen LogP contribution in [0.2, 0.25) is 10.0 Å². The number of nitrogens with zero attached hydrogens (tertiary/aromatic N) is 4. The summed E-state index contributed by atoms with van der Waals surface area (Å²) in [5.41, 5.74) is 0.504. The monoisotopic (exact) mass is 441 g/mol. The van der Waals surface area contributed by atoms with Crippen molar-refractivity contribution in [3.05, 3.63) is 28.2 Å². The zero-order valence-electron chi connectivity index (χ0n) is 15.4. The molecule has 7 nitrogen and oxygen atoms in total. The first-order valence-electron chi connectivity index (χ1n) is 9.23. The number of amides is 1. The van der Waals surface area contributed by atoms with E-state index < -0.39 is 0 Å². The number of morpholine rings is 1. The second kappa shape index (κ2) is 8.49. The fourth-order valence-electron chi connectivity index (χ4n) is 3.03. The van der Waals surface area contributed by atoms with E-state index >= 15 is 0 Å². The molecule has 28 heavy (non-hydrogen) atoms. The Labute approximate surface area is 177 Å². The number of carbonyl (C=O) groups excluding carboxylic acids is 1. The van der Waals surface area contributed by atoms with Crippen molar-refractivity contribution < 1.29 is 9.53 Å². The lowest BCUT2D eigenvalue weighted by Crippen LogP contribution is -2.38. The van der Waals surface area contributed by atoms with Gasteiger partial charge in [-0.15, -0.1) is 10.2 Å². The second-order valence-corrected chi connectivity index (χ2v) is 8.93. The predicted molar refractivity (Wildman–Crippen MR) is 112 cm³/mol. The molecule has 1 aliphatic heterocycles. The van der Waals surface area contributed by atoms with Crippen LogP contribution in [-0.4, -0.2) is 52.2 Å². The number of thioether (sulfide) groups is 1. The molecule has 1 atom stereocenters. The maximum Gasteiger partial charge on any atom is 0.237 e. The van der Waals surface area contributed by atoms with Gasteiger partial charge < -0.3 is 15.0 Å². The average molecular weight is 442 g/mol. The number of aromatic nitrogens is 3. The summed E-state index contributed by atoms with van der Waals surface area (Å²) >= 11 is 13.6. The number of benzene rings is 1. The van der Waals surface area contributed by atoms with Crippen molar-refractivity contribution in [3.8, 4) is 0 Å². The normalized spacial score (nSPS) is 18.2. The zero-order chi connectivity index (χ0) is 19.7. The van der Waals surface area contributed by atoms with E-state index in [1.807, 2.05) is 6.92 Å². The fraction of sp³-hybridized carbons (Fsp3) is 0.500. The molecule has 2 aliphatic rings. The Kier molecular flexibility index (Phi) is 6.01. The Hall–Kier alpha value is -1.48. The van der Waals surface area contributed by atoms with Crippen LogP contribution in [0.1, 0.15) is 25.8 Å². The lowest BCUT2D eigenvalue weighted by atomic mass is 10.3. The maximum atomic E-state index is 12.7. The van der Waals surface area contributed by atoms with Crippen LogP contribution < -0.4 is 10.2 Å². The van der Waals surface area contributed by atoms with Crippen molar-refractivity contribution in [2.75, 3.05) is 36.5 Å². The summed E-state index contributed by atoms with van der Waals surface area (Å²) in [7, 11) is 0. The van der Waals surface area contributed by atoms with Gasteiger partial charge in [0.2, 0.25) is 11.9 Å². The molecule has 1 aromatic heterocycles. The summed E-state index contributed by atoms with van der Waals surface area (Å²) in [5, 5.41) is 12.8. The first kappa shape index (κ1) is 19.8. The Morgan fingerprint density at radius 2 is 2.04 bits per heavy atom. The summed E-state index contributed by atoms with van der Waals surface area (Å²) < 4.78 is 7.61. The van der Waals surface area contributed by atoms with Crippen LogP contribution in [0.3, 0.4) is 0 Å². The van der Waals surface area contributed by atoms with Gasteiger partial charge in [0.25, 0.3) is 0 Å². The van der Waals surface area contributed by atoms with E-state index in [2.05, 4.69) is 25.0 Å². The van der Waals surface area contributed by atoms with E-state index in [9.17, 15) is 4.79 Å². The molecular formula is C18H21Cl2N5O2S. The number of carbonyl (C=O) groups is 1. The summed E-state index contributed by atoms with van der Waals surface area (Å²) in [5.74, 6) is 0.714. The van der Waals surface area contributed by atoms with Crippen molar-refractivity contribution in [1.29, 1.82) is 0 Å². The predicted octanol–water partition coefficient (Wildman–Crippen LogP) is 3.88. The van der Waals surface area contributed by atoms with Gasteiger partial charge in [0, 0.05) is 19.1 Å². The lowest BCUT2D eigenvalue weighted by Gasteiger charge is -2.28. The highest BCUT2D eigenvalue weighted by Crippen LogP contribution is 2.42. The molecular weight excluding hydrogens is 421 g/mol. The van der Waals surface area contributed by atoms with Gasteiger partial charge in [-0.2, -0.15) is 0 Å². The first-order chi connectivity index (χ1) is 13.5. The molecule has 4 rings (SSSR count). The molecule has 1 saturated heterocycles. The maximum absolute atomic E-state index is 12.7. The Balaban J connectivity index is 1.48. The summed E-state index contributed by atoms with van der Waals surface area (Å²) in [6.07, 6.45) is 2.23. The standard InChI is InChI=1S/C18H21Cl2N5O2S/c1-11(16(26)21-14-4-2-3-13(19)15(14)20)28-18-23-22-17(25(18)12-5-6-12)24-7-9-27-10-8-24/h2-4,11-12H,5-10H2,1H3,(H,21,26). The van der Waals surface area contributed by atoms with Gasteiger partial charge in [-0.3, -0.25) is 9.36 Å². The topological polar surface area (TPSA) is 72.3 Å². The van der Waals surface area contributed by atoms with E-state index in [1.54, 1.807) is 18.2 Å². The zero-order valence-corrected chi connectivity index (χ0v) is 17.7. The molecule has 0 radical (unpaired) electrons. The van der Waals surface area contributed by atoms with Crippen LogP contribution in [0.4, 0.5) is 11.6 Å². The van der Waals surface area contributed by atoms with Gasteiger partial charge in [0.1, 0.15) is 0 Å². The quantitative estimate of drug-likeness (QED) is 0.685. The van der Waals surface area contributed by atoms with Gasteiger partial charge in [0.15, 0.2) is 5.16 Å². The van der Waals surface area contributed by atoms with Crippen LogP contribution in [-0.2, 0) is 9.53 Å². The molecule has 0 bridgehead atoms. The minimum Gasteiger partial charge on any atom is -0.378 e. The molecule has 1 aromatic carbocycles. The van der Waals surface area contributed by atoms with E-state index in [4.69, 9.17) is 27.9 Å². The fourth-order valence-corrected chi connectivity index (χ4v) is 4.29. The number of rotatable bonds is 6. The third-order valence-corrected chi connectivity index (χ3v) is 6.59. The van der Waals surface area contributed by atoms with Gasteiger partial charge in [-0.25, -0.2) is 0 Å². The van der Waals surface area contributed by atoms with Crippen molar-refractivity contribution >= 4 is 52.5 Å². The Morgan fingerprint density at radius 1 is 1.29 bits per heavy atom. The van der Waals surface area contributed by atoms with E-state index in [1.165, 1.54) is 11.8 Å². The van der Waals surface area contributed by atoms with E-state index in [-0.39, 0.29) is 11.2 Å². The highest BCUT2D eigenvalue weighted by molar-refractivity contribution is 8.00. The molecule has 1 unspecified atom stereocenters. The van der Waals surface area contributed by atoms with Crippen LogP contribution in [0.5, 0.6) is 0 Å². The molecule has 0 spiro atoms. The van der Waals surface area contributed by atoms with Gasteiger partial charge in [-0.1, -0.05) is 41.0 Å². The number of hydrogen-bond acceptors (Lipinski definition) is 6. The SMILES string of the molecule is CC(Sc1nnc(N2CCOCC2)n1C1CC1)C(=O)Nc1cccc(Cl)c1Cl. The smallest absolute Gasteiger partial charge is 0.237 e. The molecule has 1 amide bonds. The van der Waals surface area contributed by atoms with Gasteiger partial charge in [-0.05, 0) is 31.9 Å². The minimum absolute atomic E-state index is 0.160. The van der Waals surface area contributed by atoms with Crippen molar-refractivity contribution in [2.24, 2.45) is 0 Å². The van der Waals surface area contributed by atoms with Crippen molar-refractivity contribution in [3.63, 3.8) is 0 Å². The second-order valence-electron chi connectivity index (χ2n) is 6.83. The van der Waals surface area contributed by atoms with E-state index in [0.717, 1.165) is 37.0 Å². The minimum atomic E-state index is -0.366. The Morgan fingerprint density at radius 3 is 2.75 bits per heavy atom. The average Bonchev–Trinajstić information content (AvgIpc) is 3.46. The number of ether oxygens (including phenoxy) is 1. The van der Waals surface area contributed by atoms with Gasteiger partial charge >= 0.3 is 0 Å². The molecule has 10 heteroatoms. The van der Waals surface area contributed by atoms with Crippen LogP contribution in [0, 0.1) is 0 Å². The highest BCUT2D eigenvalue weighted by Gasteiger charge is 2.33. The number of anilines is 2. The van der Waals surface area contributed by atoms with Crippen LogP contribution in [0.15, 0.2) is 23.4 Å². The number of hydrogen-bond donors (Lipinski definition) is 1. The molecule has 1 saturated carbocycles. The highest BCUT2D eigenvalue weighted by atomic mass is 35.5. The number of halogens is 2. The van der Waals surface area contributed by atoms with Crippen LogP contribution in [0.25, 0.3) is 0 Å². The molecule has 2 aromatic rings.